The molecule has 156 valence electrons. The molecule has 8 heteroatoms. The van der Waals surface area contributed by atoms with E-state index in [0.717, 1.165) is 42.9 Å². The van der Waals surface area contributed by atoms with Crippen molar-refractivity contribution >= 4 is 28.8 Å². The molecular weight excluding hydrogens is 387 g/mol. The number of halogens is 1. The number of ether oxygens (including phenoxy) is 1. The monoisotopic (exact) mass is 410 g/mol. The summed E-state index contributed by atoms with van der Waals surface area (Å²) in [5, 5.41) is 8.34. The lowest BCUT2D eigenvalue weighted by molar-refractivity contribution is -0.112. The van der Waals surface area contributed by atoms with Gasteiger partial charge in [0.15, 0.2) is 0 Å². The summed E-state index contributed by atoms with van der Waals surface area (Å²) in [5.74, 6) is -0.281. The van der Waals surface area contributed by atoms with Crippen LogP contribution in [0.4, 0.5) is 10.1 Å². The summed E-state index contributed by atoms with van der Waals surface area (Å²) < 4.78 is 20.8. The van der Waals surface area contributed by atoms with Crippen LogP contribution in [0, 0.1) is 18.7 Å². The average molecular weight is 410 g/mol. The molecule has 1 aliphatic carbocycles. The van der Waals surface area contributed by atoms with E-state index in [9.17, 15) is 14.0 Å². The first-order valence-corrected chi connectivity index (χ1v) is 9.95. The van der Waals surface area contributed by atoms with Crippen LogP contribution in [0.15, 0.2) is 30.5 Å². The van der Waals surface area contributed by atoms with Crippen LogP contribution in [-0.2, 0) is 4.79 Å². The molecule has 1 fully saturated rings. The van der Waals surface area contributed by atoms with Crippen molar-refractivity contribution in [2.45, 2.75) is 38.6 Å². The molecule has 3 aromatic rings. The Morgan fingerprint density at radius 2 is 2.03 bits per heavy atom. The van der Waals surface area contributed by atoms with Gasteiger partial charge < -0.3 is 14.8 Å². The van der Waals surface area contributed by atoms with E-state index in [4.69, 9.17) is 4.74 Å². The van der Waals surface area contributed by atoms with Gasteiger partial charge in [-0.25, -0.2) is 9.37 Å². The van der Waals surface area contributed by atoms with Gasteiger partial charge in [-0.3, -0.25) is 9.48 Å². The summed E-state index contributed by atoms with van der Waals surface area (Å²) in [6.07, 6.45) is 6.57. The number of nitrogens with zero attached hydrogens (tertiary/aromatic N) is 3. The Morgan fingerprint density at radius 3 is 2.70 bits per heavy atom. The zero-order valence-electron chi connectivity index (χ0n) is 16.9. The molecule has 0 spiro atoms. The number of carbonyl (C=O) groups is 2. The molecule has 0 radical (unpaired) electrons. The van der Waals surface area contributed by atoms with Gasteiger partial charge in [0.25, 0.3) is 5.91 Å². The fourth-order valence-electron chi connectivity index (χ4n) is 3.88. The SMILES string of the molecule is COc1cc2nn([C@H]3CC[C@H](C=O)CC3)cc2cc1NC(=O)c1ccc(F)c(C)n1. The molecule has 0 aliphatic heterocycles. The second-order valence-electron chi connectivity index (χ2n) is 7.64. The molecule has 1 saturated carbocycles. The topological polar surface area (TPSA) is 86.1 Å². The largest absolute Gasteiger partial charge is 0.494 e. The lowest BCUT2D eigenvalue weighted by Crippen LogP contribution is -2.19. The second kappa shape index (κ2) is 8.22. The normalized spacial score (nSPS) is 18.9. The highest BCUT2D eigenvalue weighted by Crippen LogP contribution is 2.34. The van der Waals surface area contributed by atoms with Crippen molar-refractivity contribution in [3.63, 3.8) is 0 Å². The Balaban J connectivity index is 1.59. The number of rotatable bonds is 5. The molecule has 30 heavy (non-hydrogen) atoms. The van der Waals surface area contributed by atoms with E-state index in [2.05, 4.69) is 15.4 Å². The lowest BCUT2D eigenvalue weighted by atomic mass is 9.87. The van der Waals surface area contributed by atoms with E-state index in [1.54, 1.807) is 6.07 Å². The number of pyridine rings is 1. The molecule has 2 aromatic heterocycles. The van der Waals surface area contributed by atoms with Gasteiger partial charge in [-0.15, -0.1) is 0 Å². The number of fused-ring (bicyclic) bond motifs is 1. The van der Waals surface area contributed by atoms with Crippen molar-refractivity contribution < 1.29 is 18.7 Å². The summed E-state index contributed by atoms with van der Waals surface area (Å²) in [6.45, 7) is 1.51. The summed E-state index contributed by atoms with van der Waals surface area (Å²) in [7, 11) is 1.52. The molecule has 1 aliphatic rings. The Hall–Kier alpha value is -3.29. The van der Waals surface area contributed by atoms with E-state index < -0.39 is 11.7 Å². The van der Waals surface area contributed by atoms with Crippen molar-refractivity contribution in [2.75, 3.05) is 12.4 Å². The molecule has 1 amide bonds. The van der Waals surface area contributed by atoms with Crippen LogP contribution in [0.3, 0.4) is 0 Å². The van der Waals surface area contributed by atoms with Gasteiger partial charge in [0, 0.05) is 23.6 Å². The Bertz CT molecular complexity index is 1100. The fraction of sp³-hybridized carbons (Fsp3) is 0.364. The molecule has 1 aromatic carbocycles. The number of aryl methyl sites for hydroxylation is 1. The molecule has 2 heterocycles. The van der Waals surface area contributed by atoms with Crippen LogP contribution >= 0.6 is 0 Å². The lowest BCUT2D eigenvalue weighted by Gasteiger charge is -2.25. The predicted molar refractivity (Wildman–Crippen MR) is 110 cm³/mol. The maximum atomic E-state index is 13.4. The van der Waals surface area contributed by atoms with E-state index in [-0.39, 0.29) is 23.3 Å². The number of amides is 1. The van der Waals surface area contributed by atoms with E-state index >= 15 is 0 Å². The molecule has 0 atom stereocenters. The van der Waals surface area contributed by atoms with Crippen LogP contribution in [0.1, 0.15) is 47.9 Å². The number of hydrogen-bond acceptors (Lipinski definition) is 5. The third kappa shape index (κ3) is 3.90. The fourth-order valence-corrected chi connectivity index (χ4v) is 3.88. The molecule has 0 saturated heterocycles. The second-order valence-corrected chi connectivity index (χ2v) is 7.64. The van der Waals surface area contributed by atoms with Crippen molar-refractivity contribution in [2.24, 2.45) is 5.92 Å². The van der Waals surface area contributed by atoms with Crippen LogP contribution in [-0.4, -0.2) is 34.1 Å². The van der Waals surface area contributed by atoms with E-state index in [0.29, 0.717) is 11.4 Å². The van der Waals surface area contributed by atoms with Crippen molar-refractivity contribution in [3.05, 3.63) is 47.7 Å². The molecule has 7 nitrogen and oxygen atoms in total. The molecular formula is C22H23FN4O3. The van der Waals surface area contributed by atoms with E-state index in [1.165, 1.54) is 26.2 Å². The predicted octanol–water partition coefficient (Wildman–Crippen LogP) is 4.07. The Labute approximate surface area is 173 Å². The summed E-state index contributed by atoms with van der Waals surface area (Å²) in [6, 6.07) is 6.41. The number of methoxy groups -OCH3 is 1. The third-order valence-corrected chi connectivity index (χ3v) is 5.65. The van der Waals surface area contributed by atoms with Gasteiger partial charge in [0.1, 0.15) is 23.5 Å². The van der Waals surface area contributed by atoms with Crippen LogP contribution < -0.4 is 10.1 Å². The van der Waals surface area contributed by atoms with E-state index in [1.807, 2.05) is 16.9 Å². The average Bonchev–Trinajstić information content (AvgIpc) is 3.18. The zero-order chi connectivity index (χ0) is 21.3. The van der Waals surface area contributed by atoms with Crippen LogP contribution in [0.5, 0.6) is 5.75 Å². The van der Waals surface area contributed by atoms with Crippen molar-refractivity contribution in [1.82, 2.24) is 14.8 Å². The first kappa shape index (κ1) is 20.0. The van der Waals surface area contributed by atoms with Gasteiger partial charge in [0.05, 0.1) is 30.0 Å². The van der Waals surface area contributed by atoms with Gasteiger partial charge >= 0.3 is 0 Å². The van der Waals surface area contributed by atoms with Gasteiger partial charge in [-0.2, -0.15) is 5.10 Å². The first-order valence-electron chi connectivity index (χ1n) is 9.95. The number of hydrogen-bond donors (Lipinski definition) is 1. The number of aromatic nitrogens is 3. The molecule has 0 unspecified atom stereocenters. The quantitative estimate of drug-likeness (QED) is 0.641. The summed E-state index contributed by atoms with van der Waals surface area (Å²) >= 11 is 0. The van der Waals surface area contributed by atoms with Crippen LogP contribution in [0.25, 0.3) is 10.9 Å². The standard InChI is InChI=1S/C22H23FN4O3/c1-13-17(23)7-8-18(24-13)22(29)25-20-9-15-11-27(26-19(15)10-21(20)30-2)16-5-3-14(12-28)4-6-16/h7-12,14,16H,3-6H2,1-2H3,(H,25,29)/t14-,16-. The number of carbonyl (C=O) groups excluding carboxylic acids is 2. The minimum absolute atomic E-state index is 0.124. The number of anilines is 1. The smallest absolute Gasteiger partial charge is 0.274 e. The highest BCUT2D eigenvalue weighted by atomic mass is 19.1. The number of benzene rings is 1. The van der Waals surface area contributed by atoms with Gasteiger partial charge in [-0.1, -0.05) is 0 Å². The zero-order valence-corrected chi connectivity index (χ0v) is 16.9. The van der Waals surface area contributed by atoms with Gasteiger partial charge in [-0.05, 0) is 50.8 Å². The maximum Gasteiger partial charge on any atom is 0.274 e. The minimum Gasteiger partial charge on any atom is -0.494 e. The summed E-state index contributed by atoms with van der Waals surface area (Å²) in [4.78, 5) is 27.6. The summed E-state index contributed by atoms with van der Waals surface area (Å²) in [5.41, 5.74) is 1.54. The highest BCUT2D eigenvalue weighted by molar-refractivity contribution is 6.05. The Kier molecular flexibility index (Phi) is 5.48. The Morgan fingerprint density at radius 1 is 1.27 bits per heavy atom. The first-order chi connectivity index (χ1) is 14.5. The minimum atomic E-state index is -0.458. The molecule has 1 N–H and O–H groups in total. The van der Waals surface area contributed by atoms with Crippen molar-refractivity contribution in [1.29, 1.82) is 0 Å². The van der Waals surface area contributed by atoms with Gasteiger partial charge in [0.2, 0.25) is 0 Å². The van der Waals surface area contributed by atoms with Crippen molar-refractivity contribution in [3.8, 4) is 5.75 Å². The highest BCUT2D eigenvalue weighted by Gasteiger charge is 2.23. The number of aldehydes is 1. The molecule has 0 bridgehead atoms. The maximum absolute atomic E-state index is 13.4. The number of nitrogens with one attached hydrogen (secondary N) is 1. The van der Waals surface area contributed by atoms with Crippen LogP contribution in [0.2, 0.25) is 0 Å². The molecule has 4 rings (SSSR count). The third-order valence-electron chi connectivity index (χ3n) is 5.65.